The number of methoxy groups -OCH3 is 1. The molecular formula is C8H18F2N4O2. The van der Waals surface area contributed by atoms with Gasteiger partial charge in [0.05, 0.1) is 19.8 Å². The molecule has 0 amide bonds. The van der Waals surface area contributed by atoms with Crippen LogP contribution in [0.4, 0.5) is 8.78 Å². The zero-order valence-corrected chi connectivity index (χ0v) is 9.21. The van der Waals surface area contributed by atoms with E-state index >= 15 is 0 Å². The van der Waals surface area contributed by atoms with E-state index in [0.29, 0.717) is 19.1 Å². The number of guanidine groups is 1. The SMILES string of the molecule is COCCNC(=NCCOCC(F)F)NN. The highest BCUT2D eigenvalue weighted by molar-refractivity contribution is 5.79. The molecule has 0 unspecified atom stereocenters. The first-order valence-corrected chi connectivity index (χ1v) is 4.80. The lowest BCUT2D eigenvalue weighted by Crippen LogP contribution is -2.43. The van der Waals surface area contributed by atoms with Crippen LogP contribution in [0.15, 0.2) is 4.99 Å². The first-order chi connectivity index (χ1) is 7.70. The van der Waals surface area contributed by atoms with Gasteiger partial charge >= 0.3 is 0 Å². The van der Waals surface area contributed by atoms with Gasteiger partial charge in [-0.3, -0.25) is 5.43 Å². The Morgan fingerprint density at radius 3 is 2.75 bits per heavy atom. The number of nitrogens with zero attached hydrogens (tertiary/aromatic N) is 1. The number of hydrogen-bond acceptors (Lipinski definition) is 4. The van der Waals surface area contributed by atoms with Crippen LogP contribution in [-0.4, -0.2) is 52.4 Å². The molecule has 0 heterocycles. The van der Waals surface area contributed by atoms with Crippen molar-refractivity contribution >= 4 is 5.96 Å². The summed E-state index contributed by atoms with van der Waals surface area (Å²) >= 11 is 0. The number of hydrogen-bond donors (Lipinski definition) is 3. The number of nitrogens with two attached hydrogens (primary N) is 1. The van der Waals surface area contributed by atoms with Crippen LogP contribution in [0.5, 0.6) is 0 Å². The van der Waals surface area contributed by atoms with Gasteiger partial charge in [-0.25, -0.2) is 19.6 Å². The molecule has 0 aromatic rings. The first kappa shape index (κ1) is 15.0. The van der Waals surface area contributed by atoms with Crippen molar-refractivity contribution in [2.24, 2.45) is 10.8 Å². The molecule has 0 radical (unpaired) electrons. The molecule has 0 saturated heterocycles. The zero-order chi connectivity index (χ0) is 12.2. The minimum Gasteiger partial charge on any atom is -0.383 e. The van der Waals surface area contributed by atoms with E-state index in [1.165, 1.54) is 0 Å². The van der Waals surface area contributed by atoms with Crippen molar-refractivity contribution < 1.29 is 18.3 Å². The zero-order valence-electron chi connectivity index (χ0n) is 9.21. The van der Waals surface area contributed by atoms with Gasteiger partial charge in [0.2, 0.25) is 5.96 Å². The van der Waals surface area contributed by atoms with Crippen molar-refractivity contribution in [2.75, 3.05) is 40.0 Å². The summed E-state index contributed by atoms with van der Waals surface area (Å²) in [6.07, 6.45) is -2.45. The maximum atomic E-state index is 11.7. The fourth-order valence-corrected chi connectivity index (χ4v) is 0.818. The van der Waals surface area contributed by atoms with Gasteiger partial charge in [-0.15, -0.1) is 0 Å². The monoisotopic (exact) mass is 240 g/mol. The van der Waals surface area contributed by atoms with Crippen molar-refractivity contribution in [3.05, 3.63) is 0 Å². The molecule has 16 heavy (non-hydrogen) atoms. The van der Waals surface area contributed by atoms with E-state index in [1.54, 1.807) is 7.11 Å². The van der Waals surface area contributed by atoms with Gasteiger partial charge in [-0.05, 0) is 0 Å². The Bertz CT molecular complexity index is 193. The third kappa shape index (κ3) is 9.56. The predicted octanol–water partition coefficient (Wildman–Crippen LogP) is -0.677. The molecule has 8 heteroatoms. The highest BCUT2D eigenvalue weighted by Gasteiger charge is 2.00. The van der Waals surface area contributed by atoms with E-state index in [-0.39, 0.29) is 13.2 Å². The summed E-state index contributed by atoms with van der Waals surface area (Å²) in [6.45, 7) is 0.881. The van der Waals surface area contributed by atoms with Crippen LogP contribution in [0.1, 0.15) is 0 Å². The Morgan fingerprint density at radius 1 is 1.44 bits per heavy atom. The third-order valence-corrected chi connectivity index (χ3v) is 1.48. The van der Waals surface area contributed by atoms with Crippen LogP contribution < -0.4 is 16.6 Å². The van der Waals surface area contributed by atoms with Crippen LogP contribution >= 0.6 is 0 Å². The topological polar surface area (TPSA) is 80.9 Å². The number of nitrogens with one attached hydrogen (secondary N) is 2. The van der Waals surface area contributed by atoms with Crippen molar-refractivity contribution in [1.82, 2.24) is 10.7 Å². The van der Waals surface area contributed by atoms with E-state index in [2.05, 4.69) is 20.5 Å². The molecule has 6 nitrogen and oxygen atoms in total. The second-order valence-corrected chi connectivity index (χ2v) is 2.76. The van der Waals surface area contributed by atoms with E-state index in [0.717, 1.165) is 0 Å². The highest BCUT2D eigenvalue weighted by Crippen LogP contribution is 1.91. The molecule has 0 spiro atoms. The Hall–Kier alpha value is -0.990. The van der Waals surface area contributed by atoms with Crippen LogP contribution in [0.3, 0.4) is 0 Å². The van der Waals surface area contributed by atoms with Gasteiger partial charge in [0, 0.05) is 13.7 Å². The summed E-state index contributed by atoms with van der Waals surface area (Å²) in [5.41, 5.74) is 2.34. The lowest BCUT2D eigenvalue weighted by Gasteiger charge is -2.08. The molecule has 0 rings (SSSR count). The van der Waals surface area contributed by atoms with E-state index in [4.69, 9.17) is 10.6 Å². The molecule has 0 aromatic heterocycles. The Kier molecular flexibility index (Phi) is 9.87. The predicted molar refractivity (Wildman–Crippen MR) is 56.3 cm³/mol. The molecule has 0 fully saturated rings. The van der Waals surface area contributed by atoms with Crippen molar-refractivity contribution in [2.45, 2.75) is 6.43 Å². The summed E-state index contributed by atoms with van der Waals surface area (Å²) in [5.74, 6) is 5.55. The number of hydrazine groups is 1. The van der Waals surface area contributed by atoms with Crippen LogP contribution in [0, 0.1) is 0 Å². The van der Waals surface area contributed by atoms with Crippen molar-refractivity contribution in [3.63, 3.8) is 0 Å². The first-order valence-electron chi connectivity index (χ1n) is 4.80. The highest BCUT2D eigenvalue weighted by atomic mass is 19.3. The van der Waals surface area contributed by atoms with Crippen LogP contribution in [0.25, 0.3) is 0 Å². The molecular weight excluding hydrogens is 222 g/mol. The second-order valence-electron chi connectivity index (χ2n) is 2.76. The number of rotatable bonds is 8. The lowest BCUT2D eigenvalue weighted by molar-refractivity contribution is 0.0207. The Morgan fingerprint density at radius 2 is 2.19 bits per heavy atom. The summed E-state index contributed by atoms with van der Waals surface area (Å²) in [6, 6.07) is 0. The number of aliphatic imine (C=N–C) groups is 1. The number of alkyl halides is 2. The molecule has 0 aromatic carbocycles. The summed E-state index contributed by atoms with van der Waals surface area (Å²) < 4.78 is 32.8. The summed E-state index contributed by atoms with van der Waals surface area (Å²) in [5, 5.41) is 2.86. The van der Waals surface area contributed by atoms with Crippen LogP contribution in [-0.2, 0) is 9.47 Å². The molecule has 0 aliphatic heterocycles. The van der Waals surface area contributed by atoms with E-state index < -0.39 is 13.0 Å². The lowest BCUT2D eigenvalue weighted by atomic mass is 10.6. The maximum Gasteiger partial charge on any atom is 0.261 e. The van der Waals surface area contributed by atoms with Gasteiger partial charge < -0.3 is 14.8 Å². The molecule has 0 aliphatic carbocycles. The van der Waals surface area contributed by atoms with Gasteiger partial charge in [0.25, 0.3) is 6.43 Å². The summed E-state index contributed by atoms with van der Waals surface area (Å²) in [4.78, 5) is 3.95. The molecule has 96 valence electrons. The minimum absolute atomic E-state index is 0.126. The molecule has 0 bridgehead atoms. The van der Waals surface area contributed by atoms with Gasteiger partial charge in [-0.1, -0.05) is 0 Å². The van der Waals surface area contributed by atoms with Crippen LogP contribution in [0.2, 0.25) is 0 Å². The average Bonchev–Trinajstić information content (AvgIpc) is 2.26. The molecule has 0 atom stereocenters. The van der Waals surface area contributed by atoms with Gasteiger partial charge in [0.15, 0.2) is 0 Å². The fraction of sp³-hybridized carbons (Fsp3) is 0.875. The van der Waals surface area contributed by atoms with Gasteiger partial charge in [-0.2, -0.15) is 0 Å². The van der Waals surface area contributed by atoms with Crippen molar-refractivity contribution in [3.8, 4) is 0 Å². The third-order valence-electron chi connectivity index (χ3n) is 1.48. The van der Waals surface area contributed by atoms with E-state index in [1.807, 2.05) is 0 Å². The quantitative estimate of drug-likeness (QED) is 0.172. The second kappa shape index (κ2) is 10.5. The standard InChI is InChI=1S/C8H18F2N4O2/c1-15-4-2-12-8(14-11)13-3-5-16-6-7(9)10/h7H,2-6,11H2,1H3,(H2,12,13,14). The normalized spacial score (nSPS) is 11.9. The molecule has 4 N–H and O–H groups in total. The molecule has 0 saturated carbocycles. The Balaban J connectivity index is 3.55. The summed E-state index contributed by atoms with van der Waals surface area (Å²) in [7, 11) is 1.58. The fourth-order valence-electron chi connectivity index (χ4n) is 0.818. The maximum absolute atomic E-state index is 11.7. The minimum atomic E-state index is -2.45. The van der Waals surface area contributed by atoms with E-state index in [9.17, 15) is 8.78 Å². The largest absolute Gasteiger partial charge is 0.383 e. The average molecular weight is 240 g/mol. The number of ether oxygens (including phenoxy) is 2. The smallest absolute Gasteiger partial charge is 0.261 e. The van der Waals surface area contributed by atoms with Crippen molar-refractivity contribution in [1.29, 1.82) is 0 Å². The van der Waals surface area contributed by atoms with Gasteiger partial charge in [0.1, 0.15) is 6.61 Å². The number of halogens is 2. The molecule has 0 aliphatic rings. The Labute approximate surface area is 93.2 Å².